The highest BCUT2D eigenvalue weighted by molar-refractivity contribution is 7.91. The molecule has 0 aliphatic heterocycles. The highest BCUT2D eigenvalue weighted by Crippen LogP contribution is 2.32. The Kier molecular flexibility index (Phi) is 7.35. The lowest BCUT2D eigenvalue weighted by molar-refractivity contribution is 0.557. The van der Waals surface area contributed by atoms with Gasteiger partial charge in [0.05, 0.1) is 16.7 Å². The Morgan fingerprint density at radius 3 is 2.08 bits per heavy atom. The van der Waals surface area contributed by atoms with E-state index >= 15 is 0 Å². The fourth-order valence-corrected chi connectivity index (χ4v) is 4.49. The molecule has 0 aromatic heterocycles. The van der Waals surface area contributed by atoms with Gasteiger partial charge in [-0.1, -0.05) is 95.5 Å². The summed E-state index contributed by atoms with van der Waals surface area (Å²) < 4.78 is 23.3. The van der Waals surface area contributed by atoms with Crippen LogP contribution in [0, 0.1) is 0 Å². The van der Waals surface area contributed by atoms with Crippen molar-refractivity contribution in [1.82, 2.24) is 5.32 Å². The molecule has 0 heterocycles. The molecule has 2 rings (SSSR count). The van der Waals surface area contributed by atoms with Crippen LogP contribution < -0.4 is 5.32 Å². The average molecular weight is 419 g/mol. The second-order valence-electron chi connectivity index (χ2n) is 5.41. The first-order chi connectivity index (χ1) is 11.8. The lowest BCUT2D eigenvalue weighted by Gasteiger charge is -2.25. The van der Waals surface area contributed by atoms with E-state index in [9.17, 15) is 8.42 Å². The maximum Gasteiger partial charge on any atom is 0.206 e. The molecular formula is C18H18Cl3NO2S. The second-order valence-corrected chi connectivity index (χ2v) is 9.81. The van der Waals surface area contributed by atoms with Crippen LogP contribution in [0.1, 0.15) is 5.56 Å². The van der Waals surface area contributed by atoms with Crippen LogP contribution in [-0.2, 0) is 9.84 Å². The Morgan fingerprint density at radius 1 is 0.960 bits per heavy atom. The number of alkyl halides is 3. The lowest BCUT2D eigenvalue weighted by atomic mass is 10.2. The zero-order chi connectivity index (χ0) is 18.3. The van der Waals surface area contributed by atoms with Crippen molar-refractivity contribution < 1.29 is 8.42 Å². The number of hydrogen-bond donors (Lipinski definition) is 1. The summed E-state index contributed by atoms with van der Waals surface area (Å²) in [7, 11) is -3.57. The van der Waals surface area contributed by atoms with Gasteiger partial charge in [-0.2, -0.15) is 0 Å². The first-order valence-corrected chi connectivity index (χ1v) is 10.4. The Bertz CT molecular complexity index is 788. The van der Waals surface area contributed by atoms with E-state index in [2.05, 4.69) is 5.32 Å². The summed E-state index contributed by atoms with van der Waals surface area (Å²) in [4.78, 5) is 0.205. The number of nitrogens with one attached hydrogen (secondary N) is 1. The van der Waals surface area contributed by atoms with Crippen LogP contribution in [0.2, 0.25) is 0 Å². The SMILES string of the molecule is O=S(=O)(CC(NC/C=C/c1ccccc1)C(Cl)(Cl)Cl)c1ccccc1. The van der Waals surface area contributed by atoms with Gasteiger partial charge in [-0.3, -0.25) is 0 Å². The number of sulfone groups is 1. The monoisotopic (exact) mass is 417 g/mol. The van der Waals surface area contributed by atoms with E-state index in [-0.39, 0.29) is 10.6 Å². The van der Waals surface area contributed by atoms with Crippen LogP contribution in [0.25, 0.3) is 6.08 Å². The van der Waals surface area contributed by atoms with Crippen molar-refractivity contribution in [3.63, 3.8) is 0 Å². The van der Waals surface area contributed by atoms with E-state index < -0.39 is 19.7 Å². The summed E-state index contributed by atoms with van der Waals surface area (Å²) in [5.74, 6) is -0.313. The van der Waals surface area contributed by atoms with Crippen molar-refractivity contribution in [2.24, 2.45) is 0 Å². The third-order valence-corrected chi connectivity index (χ3v) is 6.03. The molecular weight excluding hydrogens is 401 g/mol. The lowest BCUT2D eigenvalue weighted by Crippen LogP contribution is -2.45. The summed E-state index contributed by atoms with van der Waals surface area (Å²) >= 11 is 17.9. The maximum absolute atomic E-state index is 12.5. The minimum Gasteiger partial charge on any atom is -0.306 e. The van der Waals surface area contributed by atoms with E-state index in [0.717, 1.165) is 5.56 Å². The highest BCUT2D eigenvalue weighted by Gasteiger charge is 2.36. The van der Waals surface area contributed by atoms with Crippen molar-refractivity contribution in [3.05, 3.63) is 72.3 Å². The minimum atomic E-state index is -3.57. The molecule has 1 atom stereocenters. The van der Waals surface area contributed by atoms with Gasteiger partial charge in [0.1, 0.15) is 0 Å². The Balaban J connectivity index is 2.03. The molecule has 3 nitrogen and oxygen atoms in total. The van der Waals surface area contributed by atoms with Crippen LogP contribution in [0.3, 0.4) is 0 Å². The molecule has 0 bridgehead atoms. The number of hydrogen-bond acceptors (Lipinski definition) is 3. The zero-order valence-electron chi connectivity index (χ0n) is 13.3. The summed E-state index contributed by atoms with van der Waals surface area (Å²) in [6.07, 6.45) is 3.77. The van der Waals surface area contributed by atoms with Crippen LogP contribution >= 0.6 is 34.8 Å². The molecule has 0 radical (unpaired) electrons. The Morgan fingerprint density at radius 2 is 1.52 bits per heavy atom. The summed E-state index contributed by atoms with van der Waals surface area (Å²) in [5.41, 5.74) is 1.03. The highest BCUT2D eigenvalue weighted by atomic mass is 35.6. The number of halogens is 3. The van der Waals surface area contributed by atoms with Crippen LogP contribution in [-0.4, -0.2) is 30.5 Å². The van der Waals surface area contributed by atoms with Crippen molar-refractivity contribution in [3.8, 4) is 0 Å². The molecule has 2 aromatic rings. The van der Waals surface area contributed by atoms with Gasteiger partial charge in [-0.15, -0.1) is 0 Å². The van der Waals surface area contributed by atoms with Crippen molar-refractivity contribution in [1.29, 1.82) is 0 Å². The molecule has 0 aliphatic rings. The topological polar surface area (TPSA) is 46.2 Å². The first-order valence-electron chi connectivity index (χ1n) is 7.58. The van der Waals surface area contributed by atoms with Gasteiger partial charge in [-0.25, -0.2) is 8.42 Å². The summed E-state index contributed by atoms with van der Waals surface area (Å²) in [5, 5.41) is 2.99. The molecule has 0 aliphatic carbocycles. The Hall–Kier alpha value is -1.04. The van der Waals surface area contributed by atoms with Gasteiger partial charge in [0.2, 0.25) is 3.79 Å². The fourth-order valence-electron chi connectivity index (χ4n) is 2.18. The third-order valence-electron chi connectivity index (χ3n) is 3.48. The third kappa shape index (κ3) is 6.65. The fraction of sp³-hybridized carbons (Fsp3) is 0.222. The van der Waals surface area contributed by atoms with Crippen LogP contribution in [0.15, 0.2) is 71.6 Å². The molecule has 0 amide bonds. The minimum absolute atomic E-state index is 0.205. The predicted molar refractivity (Wildman–Crippen MR) is 106 cm³/mol. The first kappa shape index (κ1) is 20.3. The van der Waals surface area contributed by atoms with Gasteiger partial charge in [-0.05, 0) is 17.7 Å². The normalized spacial score (nSPS) is 13.9. The quantitative estimate of drug-likeness (QED) is 0.673. The zero-order valence-corrected chi connectivity index (χ0v) is 16.4. The maximum atomic E-state index is 12.5. The molecule has 1 N–H and O–H groups in total. The molecule has 0 fully saturated rings. The number of rotatable bonds is 7. The van der Waals surface area contributed by atoms with E-state index in [4.69, 9.17) is 34.8 Å². The van der Waals surface area contributed by atoms with Crippen LogP contribution in [0.4, 0.5) is 0 Å². The molecule has 0 saturated carbocycles. The van der Waals surface area contributed by atoms with Gasteiger partial charge >= 0.3 is 0 Å². The predicted octanol–water partition coefficient (Wildman–Crippen LogP) is 4.50. The van der Waals surface area contributed by atoms with Gasteiger partial charge < -0.3 is 5.32 Å². The summed E-state index contributed by atoms with van der Waals surface area (Å²) in [6.45, 7) is 0.373. The molecule has 0 spiro atoms. The standard InChI is InChI=1S/C18H18Cl3NO2S/c19-18(20,21)17(14-25(23,24)16-11-5-2-6-12-16)22-13-7-10-15-8-3-1-4-9-15/h1-12,17,22H,13-14H2/b10-7+. The van der Waals surface area contributed by atoms with Gasteiger partial charge in [0.15, 0.2) is 9.84 Å². The molecule has 7 heteroatoms. The second kappa shape index (κ2) is 9.06. The van der Waals surface area contributed by atoms with Gasteiger partial charge in [0.25, 0.3) is 0 Å². The summed E-state index contributed by atoms with van der Waals surface area (Å²) in [6, 6.07) is 17.0. The molecule has 134 valence electrons. The largest absolute Gasteiger partial charge is 0.306 e. The molecule has 0 saturated heterocycles. The van der Waals surface area contributed by atoms with E-state index in [1.165, 1.54) is 12.1 Å². The van der Waals surface area contributed by atoms with E-state index in [1.54, 1.807) is 18.2 Å². The average Bonchev–Trinajstić information content (AvgIpc) is 2.58. The van der Waals surface area contributed by atoms with E-state index in [1.807, 2.05) is 42.5 Å². The smallest absolute Gasteiger partial charge is 0.206 e. The van der Waals surface area contributed by atoms with Crippen molar-refractivity contribution >= 4 is 50.7 Å². The molecule has 1 unspecified atom stereocenters. The van der Waals surface area contributed by atoms with Gasteiger partial charge in [0, 0.05) is 6.54 Å². The molecule has 25 heavy (non-hydrogen) atoms. The number of benzene rings is 2. The van der Waals surface area contributed by atoms with E-state index in [0.29, 0.717) is 6.54 Å². The Labute approximate surface area is 163 Å². The van der Waals surface area contributed by atoms with Crippen LogP contribution in [0.5, 0.6) is 0 Å². The molecule has 2 aromatic carbocycles. The van der Waals surface area contributed by atoms with Crippen molar-refractivity contribution in [2.45, 2.75) is 14.7 Å². The van der Waals surface area contributed by atoms with Crippen molar-refractivity contribution in [2.75, 3.05) is 12.3 Å².